The van der Waals surface area contributed by atoms with E-state index in [2.05, 4.69) is 17.7 Å². The number of halogens is 1. The highest BCUT2D eigenvalue weighted by molar-refractivity contribution is 7.10. The molecule has 4 heteroatoms. The van der Waals surface area contributed by atoms with Crippen molar-refractivity contribution in [1.82, 2.24) is 0 Å². The van der Waals surface area contributed by atoms with E-state index in [1.807, 2.05) is 11.4 Å². The molecule has 2 aromatic rings. The van der Waals surface area contributed by atoms with Gasteiger partial charge in [-0.3, -0.25) is 0 Å². The number of rotatable bonds is 2. The number of thiophene rings is 2. The minimum Gasteiger partial charge on any atom is -0.320 e. The molecule has 1 unspecified atom stereocenters. The number of hydrogen-bond donors (Lipinski definition) is 1. The minimum absolute atomic E-state index is 0.0752. The molecule has 0 fully saturated rings. The van der Waals surface area contributed by atoms with Crippen LogP contribution in [-0.4, -0.2) is 0 Å². The first-order chi connectivity index (χ1) is 6.70. The zero-order chi connectivity index (χ0) is 10.1. The first-order valence-corrected chi connectivity index (χ1v) is 6.41. The SMILES string of the molecule is Cc1cscc1C(N)c1sccc1Cl. The maximum Gasteiger partial charge on any atom is 0.0671 e. The highest BCUT2D eigenvalue weighted by Crippen LogP contribution is 2.33. The third kappa shape index (κ3) is 1.73. The first kappa shape index (κ1) is 10.2. The highest BCUT2D eigenvalue weighted by atomic mass is 35.5. The maximum atomic E-state index is 6.14. The second kappa shape index (κ2) is 4.03. The Morgan fingerprint density at radius 2 is 2.21 bits per heavy atom. The van der Waals surface area contributed by atoms with E-state index in [9.17, 15) is 0 Å². The summed E-state index contributed by atoms with van der Waals surface area (Å²) >= 11 is 9.33. The summed E-state index contributed by atoms with van der Waals surface area (Å²) in [4.78, 5) is 1.05. The van der Waals surface area contributed by atoms with Gasteiger partial charge >= 0.3 is 0 Å². The molecule has 1 nitrogen and oxygen atoms in total. The lowest BCUT2D eigenvalue weighted by molar-refractivity contribution is 0.890. The van der Waals surface area contributed by atoms with Crippen molar-refractivity contribution in [2.45, 2.75) is 13.0 Å². The molecule has 2 rings (SSSR count). The number of hydrogen-bond acceptors (Lipinski definition) is 3. The zero-order valence-corrected chi connectivity index (χ0v) is 10.0. The number of nitrogens with two attached hydrogens (primary N) is 1. The molecule has 74 valence electrons. The van der Waals surface area contributed by atoms with Gasteiger partial charge in [0, 0.05) is 4.88 Å². The Hall–Kier alpha value is -0.350. The molecular weight excluding hydrogens is 234 g/mol. The fourth-order valence-electron chi connectivity index (χ4n) is 1.36. The van der Waals surface area contributed by atoms with Crippen molar-refractivity contribution in [3.63, 3.8) is 0 Å². The van der Waals surface area contributed by atoms with Gasteiger partial charge in [0.25, 0.3) is 0 Å². The number of aryl methyl sites for hydroxylation is 1. The summed E-state index contributed by atoms with van der Waals surface area (Å²) in [6.45, 7) is 2.08. The summed E-state index contributed by atoms with van der Waals surface area (Å²) in [5.74, 6) is 0. The van der Waals surface area contributed by atoms with Crippen molar-refractivity contribution in [2.24, 2.45) is 5.73 Å². The fourth-order valence-corrected chi connectivity index (χ4v) is 3.44. The molecule has 2 N–H and O–H groups in total. The van der Waals surface area contributed by atoms with Crippen LogP contribution in [0.25, 0.3) is 0 Å². The van der Waals surface area contributed by atoms with E-state index in [0.717, 1.165) is 9.90 Å². The quantitative estimate of drug-likeness (QED) is 0.853. The molecule has 0 bridgehead atoms. The maximum absolute atomic E-state index is 6.14. The summed E-state index contributed by atoms with van der Waals surface area (Å²) in [5.41, 5.74) is 8.56. The molecule has 0 amide bonds. The largest absolute Gasteiger partial charge is 0.320 e. The smallest absolute Gasteiger partial charge is 0.0671 e. The van der Waals surface area contributed by atoms with Gasteiger partial charge in [-0.05, 0) is 40.3 Å². The Kier molecular flexibility index (Phi) is 2.93. The van der Waals surface area contributed by atoms with Crippen LogP contribution < -0.4 is 5.73 Å². The molecule has 2 aromatic heterocycles. The Labute approximate surface area is 96.1 Å². The van der Waals surface area contributed by atoms with Crippen molar-refractivity contribution in [3.8, 4) is 0 Å². The molecule has 0 saturated heterocycles. The molecule has 0 saturated carbocycles. The van der Waals surface area contributed by atoms with E-state index in [1.165, 1.54) is 11.1 Å². The van der Waals surface area contributed by atoms with Crippen molar-refractivity contribution in [2.75, 3.05) is 0 Å². The van der Waals surface area contributed by atoms with Crippen LogP contribution in [0, 0.1) is 6.92 Å². The molecule has 0 aliphatic carbocycles. The lowest BCUT2D eigenvalue weighted by Gasteiger charge is -2.09. The van der Waals surface area contributed by atoms with Crippen LogP contribution in [0.3, 0.4) is 0 Å². The van der Waals surface area contributed by atoms with Crippen LogP contribution in [0.4, 0.5) is 0 Å². The van der Waals surface area contributed by atoms with E-state index in [4.69, 9.17) is 17.3 Å². The average molecular weight is 244 g/mol. The molecule has 0 aromatic carbocycles. The molecule has 0 aliphatic heterocycles. The monoisotopic (exact) mass is 243 g/mol. The summed E-state index contributed by atoms with van der Waals surface area (Å²) in [6, 6.07) is 1.82. The third-order valence-corrected chi connectivity index (χ3v) is 4.48. The van der Waals surface area contributed by atoms with Crippen LogP contribution in [-0.2, 0) is 0 Å². The van der Waals surface area contributed by atoms with Gasteiger partial charge < -0.3 is 5.73 Å². The Bertz CT molecular complexity index is 393. The summed E-state index contributed by atoms with van der Waals surface area (Å²) in [6.07, 6.45) is 0. The molecule has 14 heavy (non-hydrogen) atoms. The Morgan fingerprint density at radius 1 is 1.43 bits per heavy atom. The van der Waals surface area contributed by atoms with Crippen molar-refractivity contribution in [3.05, 3.63) is 43.2 Å². The van der Waals surface area contributed by atoms with E-state index in [-0.39, 0.29) is 6.04 Å². The van der Waals surface area contributed by atoms with E-state index in [1.54, 1.807) is 22.7 Å². The van der Waals surface area contributed by atoms with Gasteiger partial charge in [0.2, 0.25) is 0 Å². The third-order valence-electron chi connectivity index (χ3n) is 2.16. The predicted molar refractivity (Wildman–Crippen MR) is 64.4 cm³/mol. The molecular formula is C10H10ClNS2. The molecule has 1 atom stereocenters. The second-order valence-electron chi connectivity index (χ2n) is 3.12. The molecule has 2 heterocycles. The first-order valence-electron chi connectivity index (χ1n) is 4.21. The van der Waals surface area contributed by atoms with Gasteiger partial charge in [-0.2, -0.15) is 11.3 Å². The lowest BCUT2D eigenvalue weighted by atomic mass is 10.1. The van der Waals surface area contributed by atoms with Crippen LogP contribution in [0.15, 0.2) is 22.2 Å². The van der Waals surface area contributed by atoms with Crippen molar-refractivity contribution < 1.29 is 0 Å². The van der Waals surface area contributed by atoms with Crippen LogP contribution in [0.2, 0.25) is 5.02 Å². The molecule has 0 aliphatic rings. The van der Waals surface area contributed by atoms with Gasteiger partial charge in [-0.1, -0.05) is 11.6 Å². The van der Waals surface area contributed by atoms with Gasteiger partial charge in [0.05, 0.1) is 11.1 Å². The standard InChI is InChI=1S/C10H10ClNS2/c1-6-4-13-5-7(6)9(12)10-8(11)2-3-14-10/h2-5,9H,12H2,1H3. The Morgan fingerprint density at radius 3 is 2.71 bits per heavy atom. The normalized spacial score (nSPS) is 13.1. The van der Waals surface area contributed by atoms with Crippen molar-refractivity contribution >= 4 is 34.3 Å². The fraction of sp³-hybridized carbons (Fsp3) is 0.200. The van der Waals surface area contributed by atoms with Gasteiger partial charge in [0.1, 0.15) is 0 Å². The van der Waals surface area contributed by atoms with Gasteiger partial charge in [0.15, 0.2) is 0 Å². The molecule has 0 spiro atoms. The topological polar surface area (TPSA) is 26.0 Å². The zero-order valence-electron chi connectivity index (χ0n) is 7.66. The van der Waals surface area contributed by atoms with E-state index >= 15 is 0 Å². The predicted octanol–water partition coefficient (Wildman–Crippen LogP) is 3.82. The highest BCUT2D eigenvalue weighted by Gasteiger charge is 2.16. The van der Waals surface area contributed by atoms with E-state index < -0.39 is 0 Å². The summed E-state index contributed by atoms with van der Waals surface area (Å²) in [7, 11) is 0. The van der Waals surface area contributed by atoms with Crippen LogP contribution >= 0.6 is 34.3 Å². The summed E-state index contributed by atoms with van der Waals surface area (Å²) < 4.78 is 0. The lowest BCUT2D eigenvalue weighted by Crippen LogP contribution is -2.10. The molecule has 0 radical (unpaired) electrons. The van der Waals surface area contributed by atoms with Crippen LogP contribution in [0.5, 0.6) is 0 Å². The second-order valence-corrected chi connectivity index (χ2v) is 5.22. The van der Waals surface area contributed by atoms with Crippen molar-refractivity contribution in [1.29, 1.82) is 0 Å². The van der Waals surface area contributed by atoms with Gasteiger partial charge in [-0.15, -0.1) is 11.3 Å². The minimum atomic E-state index is -0.0752. The van der Waals surface area contributed by atoms with E-state index in [0.29, 0.717) is 0 Å². The Balaban J connectivity index is 2.38. The van der Waals surface area contributed by atoms with Gasteiger partial charge in [-0.25, -0.2) is 0 Å². The van der Waals surface area contributed by atoms with Crippen LogP contribution in [0.1, 0.15) is 22.0 Å². The average Bonchev–Trinajstić information content (AvgIpc) is 2.73. The summed E-state index contributed by atoms with van der Waals surface area (Å²) in [5, 5.41) is 6.94.